The highest BCUT2D eigenvalue weighted by Gasteiger charge is 2.17. The zero-order chi connectivity index (χ0) is 15.8. The largest absolute Gasteiger partial charge is 0.480 e. The van der Waals surface area contributed by atoms with Crippen molar-refractivity contribution in [1.82, 2.24) is 10.2 Å². The summed E-state index contributed by atoms with van der Waals surface area (Å²) in [5.41, 5.74) is 0.0598. The van der Waals surface area contributed by atoms with Gasteiger partial charge in [-0.05, 0) is 18.2 Å². The Hall–Kier alpha value is -2.88. The Morgan fingerprint density at radius 2 is 2.10 bits per heavy atom. The zero-order valence-electron chi connectivity index (χ0n) is 11.0. The molecule has 2 N–H and O–H groups in total. The van der Waals surface area contributed by atoms with Gasteiger partial charge in [-0.3, -0.25) is 14.4 Å². The van der Waals surface area contributed by atoms with Gasteiger partial charge in [0.05, 0.1) is 13.1 Å². The molecule has 0 heterocycles. The first-order chi connectivity index (χ1) is 9.93. The Bertz CT molecular complexity index is 595. The van der Waals surface area contributed by atoms with Crippen LogP contribution in [0.5, 0.6) is 0 Å². The van der Waals surface area contributed by atoms with Gasteiger partial charge in [0.25, 0.3) is 5.91 Å². The summed E-state index contributed by atoms with van der Waals surface area (Å²) in [6, 6.07) is 4.96. The number of amides is 2. The van der Waals surface area contributed by atoms with Crippen molar-refractivity contribution in [3.05, 3.63) is 35.6 Å². The number of aliphatic carboxylic acids is 1. The molecule has 0 aliphatic heterocycles. The molecule has 0 radical (unpaired) electrons. The van der Waals surface area contributed by atoms with Gasteiger partial charge in [0.15, 0.2) is 0 Å². The third-order valence-electron chi connectivity index (χ3n) is 2.45. The molecule has 21 heavy (non-hydrogen) atoms. The van der Waals surface area contributed by atoms with Crippen molar-refractivity contribution < 1.29 is 23.9 Å². The number of benzene rings is 1. The second-order valence-electron chi connectivity index (χ2n) is 4.04. The van der Waals surface area contributed by atoms with Gasteiger partial charge < -0.3 is 15.3 Å². The van der Waals surface area contributed by atoms with Gasteiger partial charge in [-0.15, -0.1) is 6.42 Å². The van der Waals surface area contributed by atoms with Crippen molar-refractivity contribution >= 4 is 17.8 Å². The maximum atomic E-state index is 13.0. The summed E-state index contributed by atoms with van der Waals surface area (Å²) in [6.45, 7) is -1.16. The van der Waals surface area contributed by atoms with Crippen molar-refractivity contribution in [3.63, 3.8) is 0 Å². The molecule has 110 valence electrons. The van der Waals surface area contributed by atoms with E-state index in [-0.39, 0.29) is 12.1 Å². The van der Waals surface area contributed by atoms with Gasteiger partial charge in [0, 0.05) is 5.56 Å². The summed E-state index contributed by atoms with van der Waals surface area (Å²) in [5.74, 6) is -0.907. The number of rotatable bonds is 6. The fraction of sp³-hybridized carbons (Fsp3) is 0.214. The number of terminal acetylenes is 1. The molecule has 0 aromatic heterocycles. The number of nitrogens with zero attached hydrogens (tertiary/aromatic N) is 1. The maximum Gasteiger partial charge on any atom is 0.323 e. The molecule has 1 aromatic carbocycles. The Kier molecular flexibility index (Phi) is 5.89. The number of carbonyl (C=O) groups excluding carboxylic acids is 2. The highest BCUT2D eigenvalue weighted by molar-refractivity contribution is 5.96. The normalized spacial score (nSPS) is 9.52. The first-order valence-electron chi connectivity index (χ1n) is 5.91. The Balaban J connectivity index is 2.60. The first kappa shape index (κ1) is 16.2. The summed E-state index contributed by atoms with van der Waals surface area (Å²) >= 11 is 0. The lowest BCUT2D eigenvalue weighted by Gasteiger charge is -2.18. The van der Waals surface area contributed by atoms with E-state index in [4.69, 9.17) is 11.5 Å². The molecule has 0 spiro atoms. The summed E-state index contributed by atoms with van der Waals surface area (Å²) in [6.07, 6.45) is 5.04. The highest BCUT2D eigenvalue weighted by atomic mass is 19.1. The van der Waals surface area contributed by atoms with Crippen molar-refractivity contribution in [3.8, 4) is 12.3 Å². The van der Waals surface area contributed by atoms with E-state index in [0.29, 0.717) is 0 Å². The van der Waals surface area contributed by atoms with Crippen LogP contribution in [0.4, 0.5) is 4.39 Å². The van der Waals surface area contributed by atoms with Crippen LogP contribution in [0.3, 0.4) is 0 Å². The molecular formula is C14H13FN2O4. The SMILES string of the molecule is C#CCN(CC(=O)O)C(=O)CNC(=O)c1cccc(F)c1. The maximum absolute atomic E-state index is 13.0. The summed E-state index contributed by atoms with van der Waals surface area (Å²) in [7, 11) is 0. The van der Waals surface area contributed by atoms with Crippen LogP contribution in [0.15, 0.2) is 24.3 Å². The fourth-order valence-electron chi connectivity index (χ4n) is 1.51. The number of carboxylic acid groups (broad SMARTS) is 1. The molecule has 0 aliphatic carbocycles. The molecule has 0 fully saturated rings. The van der Waals surface area contributed by atoms with E-state index in [1.807, 2.05) is 0 Å². The van der Waals surface area contributed by atoms with Crippen LogP contribution in [0.2, 0.25) is 0 Å². The minimum atomic E-state index is -1.21. The van der Waals surface area contributed by atoms with Gasteiger partial charge in [-0.1, -0.05) is 12.0 Å². The smallest absolute Gasteiger partial charge is 0.323 e. The molecule has 2 amide bonds. The van der Waals surface area contributed by atoms with Crippen molar-refractivity contribution in [2.45, 2.75) is 0 Å². The average Bonchev–Trinajstić information content (AvgIpc) is 2.43. The zero-order valence-corrected chi connectivity index (χ0v) is 11.0. The lowest BCUT2D eigenvalue weighted by atomic mass is 10.2. The second-order valence-corrected chi connectivity index (χ2v) is 4.04. The van der Waals surface area contributed by atoms with Crippen LogP contribution in [-0.4, -0.2) is 47.4 Å². The monoisotopic (exact) mass is 292 g/mol. The van der Waals surface area contributed by atoms with Crippen LogP contribution in [0.25, 0.3) is 0 Å². The van der Waals surface area contributed by atoms with E-state index in [1.54, 1.807) is 0 Å². The molecule has 0 bridgehead atoms. The number of hydrogen-bond donors (Lipinski definition) is 2. The van der Waals surface area contributed by atoms with Gasteiger partial charge in [0.2, 0.25) is 5.91 Å². The molecule has 0 unspecified atom stereocenters. The van der Waals surface area contributed by atoms with Gasteiger partial charge in [-0.25, -0.2) is 4.39 Å². The van der Waals surface area contributed by atoms with Crippen LogP contribution < -0.4 is 5.32 Å². The molecule has 6 nitrogen and oxygen atoms in total. The number of hydrogen-bond acceptors (Lipinski definition) is 3. The van der Waals surface area contributed by atoms with Crippen molar-refractivity contribution in [2.75, 3.05) is 19.6 Å². The first-order valence-corrected chi connectivity index (χ1v) is 5.91. The molecule has 1 rings (SSSR count). The van der Waals surface area contributed by atoms with E-state index >= 15 is 0 Å². The lowest BCUT2D eigenvalue weighted by Crippen LogP contribution is -2.42. The van der Waals surface area contributed by atoms with Crippen LogP contribution >= 0.6 is 0 Å². The van der Waals surface area contributed by atoms with Crippen LogP contribution in [-0.2, 0) is 9.59 Å². The number of carboxylic acids is 1. The van der Waals surface area contributed by atoms with E-state index in [1.165, 1.54) is 18.2 Å². The van der Waals surface area contributed by atoms with Crippen molar-refractivity contribution in [2.24, 2.45) is 0 Å². The summed E-state index contributed by atoms with van der Waals surface area (Å²) in [5, 5.41) is 10.9. The van der Waals surface area contributed by atoms with Gasteiger partial charge in [0.1, 0.15) is 12.4 Å². The van der Waals surface area contributed by atoms with Crippen LogP contribution in [0.1, 0.15) is 10.4 Å². The minimum Gasteiger partial charge on any atom is -0.480 e. The lowest BCUT2D eigenvalue weighted by molar-refractivity contribution is -0.143. The van der Waals surface area contributed by atoms with E-state index in [9.17, 15) is 18.8 Å². The quantitative estimate of drug-likeness (QED) is 0.728. The number of halogens is 1. The Labute approximate surface area is 120 Å². The Morgan fingerprint density at radius 3 is 2.67 bits per heavy atom. The molecule has 0 atom stereocenters. The fourth-order valence-corrected chi connectivity index (χ4v) is 1.51. The van der Waals surface area contributed by atoms with Crippen LogP contribution in [0, 0.1) is 18.2 Å². The van der Waals surface area contributed by atoms with E-state index in [0.717, 1.165) is 11.0 Å². The van der Waals surface area contributed by atoms with E-state index < -0.39 is 36.7 Å². The molecular weight excluding hydrogens is 279 g/mol. The molecule has 0 aliphatic rings. The molecule has 7 heteroatoms. The number of carbonyl (C=O) groups is 3. The number of nitrogens with one attached hydrogen (secondary N) is 1. The molecule has 0 saturated carbocycles. The third kappa shape index (κ3) is 5.32. The average molecular weight is 292 g/mol. The van der Waals surface area contributed by atoms with E-state index in [2.05, 4.69) is 11.2 Å². The van der Waals surface area contributed by atoms with Gasteiger partial charge >= 0.3 is 5.97 Å². The highest BCUT2D eigenvalue weighted by Crippen LogP contribution is 2.03. The topological polar surface area (TPSA) is 86.7 Å². The second kappa shape index (κ2) is 7.65. The molecule has 0 saturated heterocycles. The third-order valence-corrected chi connectivity index (χ3v) is 2.45. The van der Waals surface area contributed by atoms with Gasteiger partial charge in [-0.2, -0.15) is 0 Å². The van der Waals surface area contributed by atoms with Crippen molar-refractivity contribution in [1.29, 1.82) is 0 Å². The summed E-state index contributed by atoms with van der Waals surface area (Å²) in [4.78, 5) is 35.0. The predicted octanol–water partition coefficient (Wildman–Crippen LogP) is 0.102. The summed E-state index contributed by atoms with van der Waals surface area (Å²) < 4.78 is 13.0. The minimum absolute atomic E-state index is 0.0598. The Morgan fingerprint density at radius 1 is 1.38 bits per heavy atom. The molecule has 1 aromatic rings. The standard InChI is InChI=1S/C14H13FN2O4/c1-2-6-17(9-13(19)20)12(18)8-16-14(21)10-4-3-5-11(15)7-10/h1,3-5,7H,6,8-9H2,(H,16,21)(H,19,20). The predicted molar refractivity (Wildman–Crippen MR) is 71.8 cm³/mol.